The first kappa shape index (κ1) is 14.3. The van der Waals surface area contributed by atoms with Crippen molar-refractivity contribution in [3.8, 4) is 0 Å². The van der Waals surface area contributed by atoms with Gasteiger partial charge in [0, 0.05) is 6.20 Å². The molecular formula is C14H19N3O3. The molecule has 6 heteroatoms. The lowest BCUT2D eigenvalue weighted by Crippen LogP contribution is -2.57. The molecule has 1 aromatic rings. The largest absolute Gasteiger partial charge is 0.480 e. The van der Waals surface area contributed by atoms with Crippen molar-refractivity contribution in [2.45, 2.75) is 44.2 Å². The van der Waals surface area contributed by atoms with Crippen molar-refractivity contribution in [3.63, 3.8) is 0 Å². The second-order valence-electron chi connectivity index (χ2n) is 5.08. The third kappa shape index (κ3) is 3.46. The Morgan fingerprint density at radius 3 is 2.60 bits per heavy atom. The van der Waals surface area contributed by atoms with Gasteiger partial charge in [0.15, 0.2) is 0 Å². The molecule has 0 atom stereocenters. The van der Waals surface area contributed by atoms with Gasteiger partial charge >= 0.3 is 12.0 Å². The maximum atomic E-state index is 11.9. The summed E-state index contributed by atoms with van der Waals surface area (Å²) >= 11 is 0. The molecule has 108 valence electrons. The first-order valence-corrected chi connectivity index (χ1v) is 6.82. The van der Waals surface area contributed by atoms with E-state index in [1.807, 2.05) is 6.07 Å². The van der Waals surface area contributed by atoms with Gasteiger partial charge in [0.25, 0.3) is 0 Å². The summed E-state index contributed by atoms with van der Waals surface area (Å²) < 4.78 is 0. The van der Waals surface area contributed by atoms with Crippen molar-refractivity contribution in [1.29, 1.82) is 0 Å². The standard InChI is InChI=1S/C14H19N3O3/c18-12(19)14(7-3-1-4-8-14)17-13(20)16-10-11-6-2-5-9-15-11/h2,5-6,9H,1,3-4,7-8,10H2,(H,18,19)(H2,16,17,20). The lowest BCUT2D eigenvalue weighted by atomic mass is 9.82. The molecule has 0 saturated heterocycles. The summed E-state index contributed by atoms with van der Waals surface area (Å²) in [5.41, 5.74) is -0.387. The Kier molecular flexibility index (Phi) is 4.55. The molecule has 1 aliphatic rings. The van der Waals surface area contributed by atoms with Crippen LogP contribution in [0.25, 0.3) is 0 Å². The molecule has 6 nitrogen and oxygen atoms in total. The summed E-state index contributed by atoms with van der Waals surface area (Å²) in [6.07, 6.45) is 5.29. The zero-order chi connectivity index (χ0) is 14.4. The van der Waals surface area contributed by atoms with Crippen molar-refractivity contribution in [1.82, 2.24) is 15.6 Å². The summed E-state index contributed by atoms with van der Waals surface area (Å²) in [4.78, 5) is 27.4. The molecular weight excluding hydrogens is 258 g/mol. The number of urea groups is 1. The lowest BCUT2D eigenvalue weighted by Gasteiger charge is -2.33. The van der Waals surface area contributed by atoms with Gasteiger partial charge in [-0.1, -0.05) is 25.3 Å². The van der Waals surface area contributed by atoms with Crippen molar-refractivity contribution < 1.29 is 14.7 Å². The molecule has 0 aliphatic heterocycles. The number of carbonyl (C=O) groups excluding carboxylic acids is 1. The van der Waals surface area contributed by atoms with Gasteiger partial charge in [-0.05, 0) is 25.0 Å². The molecule has 3 N–H and O–H groups in total. The van der Waals surface area contributed by atoms with E-state index in [4.69, 9.17) is 0 Å². The highest BCUT2D eigenvalue weighted by atomic mass is 16.4. The molecule has 0 spiro atoms. The van der Waals surface area contributed by atoms with Crippen LogP contribution in [0.4, 0.5) is 4.79 Å². The minimum Gasteiger partial charge on any atom is -0.480 e. The number of nitrogens with zero attached hydrogens (tertiary/aromatic N) is 1. The van der Waals surface area contributed by atoms with Gasteiger partial charge in [-0.15, -0.1) is 0 Å². The van der Waals surface area contributed by atoms with Gasteiger partial charge < -0.3 is 15.7 Å². The molecule has 1 fully saturated rings. The second kappa shape index (κ2) is 6.36. The number of amides is 2. The number of carboxylic acids is 1. The average molecular weight is 277 g/mol. The SMILES string of the molecule is O=C(NCc1ccccn1)NC1(C(=O)O)CCCCC1. The van der Waals surface area contributed by atoms with E-state index in [0.29, 0.717) is 12.8 Å². The molecule has 2 rings (SSSR count). The third-order valence-corrected chi connectivity index (χ3v) is 3.63. The Morgan fingerprint density at radius 1 is 1.25 bits per heavy atom. The van der Waals surface area contributed by atoms with Crippen LogP contribution in [0.3, 0.4) is 0 Å². The molecule has 2 amide bonds. The molecule has 1 aromatic heterocycles. The quantitative estimate of drug-likeness (QED) is 0.780. The predicted molar refractivity (Wildman–Crippen MR) is 73.1 cm³/mol. The van der Waals surface area contributed by atoms with Gasteiger partial charge in [0.05, 0.1) is 12.2 Å². The third-order valence-electron chi connectivity index (χ3n) is 3.63. The Bertz CT molecular complexity index is 470. The van der Waals surface area contributed by atoms with Crippen LogP contribution in [0.1, 0.15) is 37.8 Å². The monoisotopic (exact) mass is 277 g/mol. The van der Waals surface area contributed by atoms with Crippen molar-refractivity contribution in [2.75, 3.05) is 0 Å². The Hall–Kier alpha value is -2.11. The topological polar surface area (TPSA) is 91.3 Å². The molecule has 1 aliphatic carbocycles. The van der Waals surface area contributed by atoms with Crippen LogP contribution in [0.5, 0.6) is 0 Å². The van der Waals surface area contributed by atoms with Crippen molar-refractivity contribution in [2.24, 2.45) is 0 Å². The van der Waals surface area contributed by atoms with Gasteiger partial charge in [0.2, 0.25) is 0 Å². The number of nitrogens with one attached hydrogen (secondary N) is 2. The average Bonchev–Trinajstić information content (AvgIpc) is 2.47. The van der Waals surface area contributed by atoms with Crippen LogP contribution in [-0.2, 0) is 11.3 Å². The van der Waals surface area contributed by atoms with Gasteiger partial charge in [0.1, 0.15) is 5.54 Å². The van der Waals surface area contributed by atoms with Crippen molar-refractivity contribution in [3.05, 3.63) is 30.1 Å². The Balaban J connectivity index is 1.90. The zero-order valence-electron chi connectivity index (χ0n) is 11.3. The van der Waals surface area contributed by atoms with Crippen LogP contribution in [0.2, 0.25) is 0 Å². The van der Waals surface area contributed by atoms with Gasteiger partial charge in [-0.25, -0.2) is 9.59 Å². The number of aliphatic carboxylic acids is 1. The number of rotatable bonds is 4. The second-order valence-corrected chi connectivity index (χ2v) is 5.08. The Labute approximate surface area is 117 Å². The van der Waals surface area contributed by atoms with E-state index in [1.165, 1.54) is 0 Å². The normalized spacial score (nSPS) is 17.2. The summed E-state index contributed by atoms with van der Waals surface area (Å²) in [6.45, 7) is 0.280. The fourth-order valence-electron chi connectivity index (χ4n) is 2.48. The smallest absolute Gasteiger partial charge is 0.329 e. The van der Waals surface area contributed by atoms with E-state index in [9.17, 15) is 14.7 Å². The molecule has 20 heavy (non-hydrogen) atoms. The minimum atomic E-state index is -1.12. The zero-order valence-corrected chi connectivity index (χ0v) is 11.3. The maximum Gasteiger partial charge on any atom is 0.329 e. The van der Waals surface area contributed by atoms with E-state index >= 15 is 0 Å². The maximum absolute atomic E-state index is 11.9. The van der Waals surface area contributed by atoms with Crippen molar-refractivity contribution >= 4 is 12.0 Å². The number of hydrogen-bond donors (Lipinski definition) is 3. The predicted octanol–water partition coefficient (Wildman–Crippen LogP) is 1.67. The van der Waals surface area contributed by atoms with Crippen LogP contribution < -0.4 is 10.6 Å². The summed E-state index contributed by atoms with van der Waals surface area (Å²) in [7, 11) is 0. The van der Waals surface area contributed by atoms with Crippen LogP contribution in [0.15, 0.2) is 24.4 Å². The van der Waals surface area contributed by atoms with Crippen LogP contribution in [0, 0.1) is 0 Å². The Morgan fingerprint density at radius 2 is 2.00 bits per heavy atom. The minimum absolute atomic E-state index is 0.280. The number of carboxylic acid groups (broad SMARTS) is 1. The van der Waals surface area contributed by atoms with E-state index in [0.717, 1.165) is 25.0 Å². The summed E-state index contributed by atoms with van der Waals surface area (Å²) in [6, 6.07) is 4.97. The number of pyridine rings is 1. The molecule has 0 radical (unpaired) electrons. The molecule has 1 heterocycles. The fraction of sp³-hybridized carbons (Fsp3) is 0.500. The highest BCUT2D eigenvalue weighted by Gasteiger charge is 2.40. The highest BCUT2D eigenvalue weighted by molar-refractivity contribution is 5.86. The number of aromatic nitrogens is 1. The summed E-state index contributed by atoms with van der Waals surface area (Å²) in [5, 5.41) is 14.6. The first-order valence-electron chi connectivity index (χ1n) is 6.82. The number of carbonyl (C=O) groups is 2. The van der Waals surface area contributed by atoms with Crippen LogP contribution in [-0.4, -0.2) is 27.6 Å². The molecule has 0 bridgehead atoms. The summed E-state index contributed by atoms with van der Waals surface area (Å²) in [5.74, 6) is -0.954. The van der Waals surface area contributed by atoms with E-state index < -0.39 is 17.5 Å². The van der Waals surface area contributed by atoms with E-state index in [2.05, 4.69) is 15.6 Å². The fourth-order valence-corrected chi connectivity index (χ4v) is 2.48. The first-order chi connectivity index (χ1) is 9.62. The van der Waals surface area contributed by atoms with Crippen LogP contribution >= 0.6 is 0 Å². The van der Waals surface area contributed by atoms with Gasteiger partial charge in [-0.3, -0.25) is 4.98 Å². The van der Waals surface area contributed by atoms with E-state index in [1.54, 1.807) is 18.3 Å². The lowest BCUT2D eigenvalue weighted by molar-refractivity contribution is -0.145. The van der Waals surface area contributed by atoms with Gasteiger partial charge in [-0.2, -0.15) is 0 Å². The molecule has 0 aromatic carbocycles. The molecule has 1 saturated carbocycles. The highest BCUT2D eigenvalue weighted by Crippen LogP contribution is 2.28. The van der Waals surface area contributed by atoms with E-state index in [-0.39, 0.29) is 6.54 Å². The molecule has 0 unspecified atom stereocenters. The number of hydrogen-bond acceptors (Lipinski definition) is 3.